The minimum Gasteiger partial charge on any atom is -0.391 e. The van der Waals surface area contributed by atoms with E-state index >= 15 is 0 Å². The molecule has 0 aliphatic carbocycles. The van der Waals surface area contributed by atoms with Crippen LogP contribution in [0.25, 0.3) is 0 Å². The molecule has 0 spiro atoms. The molecule has 0 unspecified atom stereocenters. The van der Waals surface area contributed by atoms with Crippen molar-refractivity contribution in [3.8, 4) is 0 Å². The fourth-order valence-electron chi connectivity index (χ4n) is 1.02. The topological polar surface area (TPSA) is 54.4 Å². The predicted octanol–water partition coefficient (Wildman–Crippen LogP) is 1.06. The van der Waals surface area contributed by atoms with Crippen LogP contribution in [-0.4, -0.2) is 31.3 Å². The Hall–Kier alpha value is -0.580. The van der Waals surface area contributed by atoms with Crippen LogP contribution in [0, 0.1) is 0 Å². The molecule has 14 heavy (non-hydrogen) atoms. The highest BCUT2D eigenvalue weighted by Crippen LogP contribution is 2.11. The predicted molar refractivity (Wildman–Crippen MR) is 55.2 cm³/mol. The summed E-state index contributed by atoms with van der Waals surface area (Å²) in [5, 5.41) is 9.14. The Morgan fingerprint density at radius 1 is 1.29 bits per heavy atom. The number of halogens is 1. The van der Waals surface area contributed by atoms with E-state index in [-0.39, 0.29) is 16.5 Å². The van der Waals surface area contributed by atoms with Crippen LogP contribution in [0.3, 0.4) is 0 Å². The van der Waals surface area contributed by atoms with Gasteiger partial charge in [-0.3, -0.25) is 0 Å². The standard InChI is InChI=1S/C9H11ClO3S/c10-6-8(11)7-14(12,13)9-4-2-1-3-5-9/h1-5,8,11H,6-7H2/t8-/m0/s1. The Kier molecular flexibility index (Phi) is 3.92. The van der Waals surface area contributed by atoms with Crippen molar-refractivity contribution < 1.29 is 13.5 Å². The molecule has 3 nitrogen and oxygen atoms in total. The fraction of sp³-hybridized carbons (Fsp3) is 0.333. The molecule has 1 aromatic carbocycles. The van der Waals surface area contributed by atoms with Gasteiger partial charge in [0.15, 0.2) is 9.84 Å². The molecular weight excluding hydrogens is 224 g/mol. The van der Waals surface area contributed by atoms with Crippen LogP contribution in [0.1, 0.15) is 0 Å². The molecule has 0 saturated carbocycles. The van der Waals surface area contributed by atoms with Crippen molar-refractivity contribution in [2.75, 3.05) is 11.6 Å². The SMILES string of the molecule is O=S(=O)(C[C@@H](O)CCl)c1ccccc1. The number of benzene rings is 1. The van der Waals surface area contributed by atoms with Crippen molar-refractivity contribution in [1.82, 2.24) is 0 Å². The Balaban J connectivity index is 2.87. The number of aliphatic hydroxyl groups excluding tert-OH is 1. The van der Waals surface area contributed by atoms with Gasteiger partial charge in [0.1, 0.15) is 0 Å². The molecule has 0 fully saturated rings. The molecule has 0 aliphatic heterocycles. The van der Waals surface area contributed by atoms with Gasteiger partial charge < -0.3 is 5.11 Å². The Morgan fingerprint density at radius 2 is 1.86 bits per heavy atom. The second-order valence-electron chi connectivity index (χ2n) is 2.90. The average Bonchev–Trinajstić information content (AvgIpc) is 2.18. The summed E-state index contributed by atoms with van der Waals surface area (Å²) in [5.41, 5.74) is 0. The van der Waals surface area contributed by atoms with Crippen LogP contribution in [-0.2, 0) is 9.84 Å². The van der Waals surface area contributed by atoms with Crippen molar-refractivity contribution in [2.45, 2.75) is 11.0 Å². The number of rotatable bonds is 4. The summed E-state index contributed by atoms with van der Waals surface area (Å²) in [7, 11) is -3.41. The summed E-state index contributed by atoms with van der Waals surface area (Å²) in [6.45, 7) is 0. The van der Waals surface area contributed by atoms with Gasteiger partial charge in [-0.1, -0.05) is 18.2 Å². The summed E-state index contributed by atoms with van der Waals surface area (Å²) in [4.78, 5) is 0.212. The van der Waals surface area contributed by atoms with Crippen molar-refractivity contribution in [2.24, 2.45) is 0 Å². The van der Waals surface area contributed by atoms with Crippen LogP contribution in [0.2, 0.25) is 0 Å². The number of hydrogen-bond donors (Lipinski definition) is 1. The normalized spacial score (nSPS) is 13.9. The second kappa shape index (κ2) is 4.77. The van der Waals surface area contributed by atoms with E-state index in [4.69, 9.17) is 16.7 Å². The highest BCUT2D eigenvalue weighted by atomic mass is 35.5. The monoisotopic (exact) mass is 234 g/mol. The van der Waals surface area contributed by atoms with Gasteiger partial charge in [-0.25, -0.2) is 8.42 Å². The summed E-state index contributed by atoms with van der Waals surface area (Å²) in [6, 6.07) is 8.00. The maximum absolute atomic E-state index is 11.6. The molecule has 0 aliphatic rings. The lowest BCUT2D eigenvalue weighted by Gasteiger charge is -2.07. The minimum absolute atomic E-state index is 0.0773. The first-order valence-corrected chi connectivity index (χ1v) is 6.27. The number of hydrogen-bond acceptors (Lipinski definition) is 3. The van der Waals surface area contributed by atoms with E-state index in [0.717, 1.165) is 0 Å². The van der Waals surface area contributed by atoms with Crippen molar-refractivity contribution >= 4 is 21.4 Å². The van der Waals surface area contributed by atoms with Gasteiger partial charge in [-0.2, -0.15) is 0 Å². The number of alkyl halides is 1. The van der Waals surface area contributed by atoms with Gasteiger partial charge in [0.2, 0.25) is 0 Å². The lowest BCUT2D eigenvalue weighted by atomic mass is 10.4. The van der Waals surface area contributed by atoms with E-state index in [1.165, 1.54) is 12.1 Å². The Labute approximate surface area is 88.2 Å². The van der Waals surface area contributed by atoms with Crippen LogP contribution >= 0.6 is 11.6 Å². The molecular formula is C9H11ClO3S. The second-order valence-corrected chi connectivity index (χ2v) is 5.25. The number of sulfone groups is 1. The van der Waals surface area contributed by atoms with Gasteiger partial charge in [0, 0.05) is 5.88 Å². The molecule has 0 saturated heterocycles. The average molecular weight is 235 g/mol. The van der Waals surface area contributed by atoms with Gasteiger partial charge in [-0.05, 0) is 12.1 Å². The lowest BCUT2D eigenvalue weighted by molar-refractivity contribution is 0.221. The first-order chi connectivity index (χ1) is 6.56. The van der Waals surface area contributed by atoms with Crippen molar-refractivity contribution in [3.05, 3.63) is 30.3 Å². The van der Waals surface area contributed by atoms with Crippen LogP contribution in [0.4, 0.5) is 0 Å². The summed E-state index contributed by atoms with van der Waals surface area (Å²) in [5.74, 6) is -0.410. The third-order valence-electron chi connectivity index (χ3n) is 1.69. The zero-order valence-corrected chi connectivity index (χ0v) is 9.00. The lowest BCUT2D eigenvalue weighted by Crippen LogP contribution is -2.22. The van der Waals surface area contributed by atoms with Gasteiger partial charge in [0.25, 0.3) is 0 Å². The maximum atomic E-state index is 11.6. The van der Waals surface area contributed by atoms with Gasteiger partial charge in [-0.15, -0.1) is 11.6 Å². The van der Waals surface area contributed by atoms with Crippen LogP contribution in [0.15, 0.2) is 35.2 Å². The fourth-order valence-corrected chi connectivity index (χ4v) is 2.65. The molecule has 0 bridgehead atoms. The van der Waals surface area contributed by atoms with E-state index in [1.54, 1.807) is 18.2 Å². The minimum atomic E-state index is -3.41. The number of aliphatic hydroxyl groups is 1. The Bertz CT molecular complexity index is 374. The van der Waals surface area contributed by atoms with E-state index in [2.05, 4.69) is 0 Å². The van der Waals surface area contributed by atoms with E-state index in [9.17, 15) is 8.42 Å². The summed E-state index contributed by atoms with van der Waals surface area (Å²) >= 11 is 5.33. The zero-order chi connectivity index (χ0) is 10.6. The van der Waals surface area contributed by atoms with E-state index < -0.39 is 15.9 Å². The highest BCUT2D eigenvalue weighted by molar-refractivity contribution is 7.91. The third-order valence-corrected chi connectivity index (χ3v) is 3.86. The quantitative estimate of drug-likeness (QED) is 0.793. The molecule has 0 aromatic heterocycles. The van der Waals surface area contributed by atoms with Crippen LogP contribution < -0.4 is 0 Å². The van der Waals surface area contributed by atoms with Crippen molar-refractivity contribution in [3.63, 3.8) is 0 Å². The molecule has 5 heteroatoms. The van der Waals surface area contributed by atoms with Gasteiger partial charge in [0.05, 0.1) is 16.8 Å². The van der Waals surface area contributed by atoms with E-state index in [1.807, 2.05) is 0 Å². The smallest absolute Gasteiger partial charge is 0.180 e. The molecule has 1 atom stereocenters. The molecule has 1 N–H and O–H groups in total. The first kappa shape index (κ1) is 11.5. The van der Waals surface area contributed by atoms with Gasteiger partial charge >= 0.3 is 0 Å². The molecule has 1 rings (SSSR count). The molecule has 1 aromatic rings. The largest absolute Gasteiger partial charge is 0.391 e. The molecule has 0 heterocycles. The van der Waals surface area contributed by atoms with E-state index in [0.29, 0.717) is 0 Å². The summed E-state index contributed by atoms with van der Waals surface area (Å²) in [6.07, 6.45) is -1.01. The zero-order valence-electron chi connectivity index (χ0n) is 7.43. The molecule has 0 radical (unpaired) electrons. The highest BCUT2D eigenvalue weighted by Gasteiger charge is 2.18. The molecule has 78 valence electrons. The molecule has 0 amide bonds. The Morgan fingerprint density at radius 3 is 2.36 bits per heavy atom. The first-order valence-electron chi connectivity index (χ1n) is 4.08. The third kappa shape index (κ3) is 2.97. The van der Waals surface area contributed by atoms with Crippen LogP contribution in [0.5, 0.6) is 0 Å². The van der Waals surface area contributed by atoms with Crippen molar-refractivity contribution in [1.29, 1.82) is 0 Å². The summed E-state index contributed by atoms with van der Waals surface area (Å²) < 4.78 is 23.2. The maximum Gasteiger partial charge on any atom is 0.180 e.